The molecule has 0 radical (unpaired) electrons. The smallest absolute Gasteiger partial charge is 0.279 e. The Hall–Kier alpha value is -1.02. The summed E-state index contributed by atoms with van der Waals surface area (Å²) in [5, 5.41) is 4.05. The summed E-state index contributed by atoms with van der Waals surface area (Å²) in [7, 11) is -3.98. The maximum atomic E-state index is 11.9. The fraction of sp³-hybridized carbons (Fsp3) is 0.250. The number of imidazole rings is 1. The third-order valence-electron chi connectivity index (χ3n) is 1.09. The zero-order valence-electron chi connectivity index (χ0n) is 5.68. The molecule has 0 aromatic carbocycles. The first kappa shape index (κ1) is 9.07. The van der Waals surface area contributed by atoms with Crippen LogP contribution in [0, 0.1) is 0 Å². The Kier molecular flexibility index (Phi) is 2.11. The van der Waals surface area contributed by atoms with E-state index in [0.717, 1.165) is 0 Å². The molecular weight excluding hydrogens is 192 g/mol. The van der Waals surface area contributed by atoms with Crippen LogP contribution in [-0.2, 0) is 10.0 Å². The third kappa shape index (κ3) is 1.77. The molecule has 0 saturated heterocycles. The number of nitrogens with two attached hydrogens (primary N) is 1. The second kappa shape index (κ2) is 2.79. The Labute approximate surface area is 66.9 Å². The first-order valence-corrected chi connectivity index (χ1v) is 4.30. The van der Waals surface area contributed by atoms with Crippen molar-refractivity contribution in [2.45, 2.75) is 11.6 Å². The summed E-state index contributed by atoms with van der Waals surface area (Å²) in [6.45, 7) is -2.81. The van der Waals surface area contributed by atoms with E-state index in [1.54, 1.807) is 0 Å². The van der Waals surface area contributed by atoms with Gasteiger partial charge in [0.05, 0.1) is 0 Å². The first-order valence-electron chi connectivity index (χ1n) is 2.75. The molecule has 0 aliphatic carbocycles. The van der Waals surface area contributed by atoms with Crippen LogP contribution in [0.2, 0.25) is 0 Å². The van der Waals surface area contributed by atoms with Crippen LogP contribution in [0.5, 0.6) is 0 Å². The molecule has 1 heterocycles. The monoisotopic (exact) mass is 197 g/mol. The van der Waals surface area contributed by atoms with Crippen LogP contribution >= 0.6 is 0 Å². The van der Waals surface area contributed by atoms with Gasteiger partial charge in [-0.25, -0.2) is 18.5 Å². The van der Waals surface area contributed by atoms with Gasteiger partial charge >= 0.3 is 6.55 Å². The van der Waals surface area contributed by atoms with Gasteiger partial charge in [-0.1, -0.05) is 0 Å². The molecule has 68 valence electrons. The van der Waals surface area contributed by atoms with Crippen molar-refractivity contribution in [3.63, 3.8) is 0 Å². The highest BCUT2D eigenvalue weighted by molar-refractivity contribution is 7.89. The van der Waals surface area contributed by atoms with Crippen molar-refractivity contribution in [2.24, 2.45) is 5.14 Å². The van der Waals surface area contributed by atoms with Crippen LogP contribution in [0.25, 0.3) is 0 Å². The first-order chi connectivity index (χ1) is 5.41. The van der Waals surface area contributed by atoms with Gasteiger partial charge in [0, 0.05) is 6.20 Å². The van der Waals surface area contributed by atoms with E-state index in [4.69, 9.17) is 0 Å². The Balaban J connectivity index is 3.09. The standard InChI is InChI=1S/C4H5F2N3O2S/c5-4(6)9-1-3(8-2-9)12(7,10)11/h1-2,4H,(H2,7,10,11). The molecule has 0 aliphatic rings. The number of hydrogen-bond acceptors (Lipinski definition) is 3. The number of rotatable bonds is 2. The largest absolute Gasteiger partial charge is 0.319 e. The molecule has 0 atom stereocenters. The predicted molar refractivity (Wildman–Crippen MR) is 34.9 cm³/mol. The molecule has 1 rings (SSSR count). The number of nitrogens with zero attached hydrogens (tertiary/aromatic N) is 2. The van der Waals surface area contributed by atoms with Gasteiger partial charge in [-0.2, -0.15) is 8.78 Å². The minimum Gasteiger partial charge on any atom is -0.279 e. The molecule has 0 aliphatic heterocycles. The fourth-order valence-corrected chi connectivity index (χ4v) is 1.03. The van der Waals surface area contributed by atoms with E-state index in [1.165, 1.54) is 0 Å². The van der Waals surface area contributed by atoms with Crippen molar-refractivity contribution < 1.29 is 17.2 Å². The molecule has 2 N–H and O–H groups in total. The molecule has 1 aromatic rings. The molecule has 1 aromatic heterocycles. The lowest BCUT2D eigenvalue weighted by Crippen LogP contribution is -2.12. The summed E-state index contributed by atoms with van der Waals surface area (Å²) in [6.07, 6.45) is 1.37. The van der Waals surface area contributed by atoms with Gasteiger partial charge in [0.1, 0.15) is 6.33 Å². The van der Waals surface area contributed by atoms with Gasteiger partial charge in [-0.15, -0.1) is 0 Å². The molecule has 0 unspecified atom stereocenters. The minimum absolute atomic E-state index is 0.347. The highest BCUT2D eigenvalue weighted by Crippen LogP contribution is 2.11. The normalized spacial score (nSPS) is 12.3. The minimum atomic E-state index is -3.98. The van der Waals surface area contributed by atoms with E-state index >= 15 is 0 Å². The Morgan fingerprint density at radius 2 is 2.17 bits per heavy atom. The van der Waals surface area contributed by atoms with Gasteiger partial charge in [-0.05, 0) is 0 Å². The summed E-state index contributed by atoms with van der Waals surface area (Å²) in [4.78, 5) is 3.18. The van der Waals surface area contributed by atoms with Crippen molar-refractivity contribution in [3.05, 3.63) is 12.5 Å². The van der Waals surface area contributed by atoms with Crippen LogP contribution in [0.1, 0.15) is 6.55 Å². The van der Waals surface area contributed by atoms with Crippen LogP contribution < -0.4 is 5.14 Å². The summed E-state index contributed by atoms with van der Waals surface area (Å²) in [6, 6.07) is 0. The number of halogens is 2. The van der Waals surface area contributed by atoms with Crippen LogP contribution in [0.3, 0.4) is 0 Å². The lowest BCUT2D eigenvalue weighted by atomic mass is 10.9. The van der Waals surface area contributed by atoms with Crippen LogP contribution in [0.15, 0.2) is 17.6 Å². The Bertz CT molecular complexity index is 371. The number of alkyl halides is 2. The van der Waals surface area contributed by atoms with E-state index < -0.39 is 21.6 Å². The highest BCUT2D eigenvalue weighted by atomic mass is 32.2. The maximum Gasteiger partial charge on any atom is 0.319 e. The Morgan fingerprint density at radius 1 is 1.58 bits per heavy atom. The summed E-state index contributed by atoms with van der Waals surface area (Å²) in [5.74, 6) is 0. The molecule has 0 amide bonds. The van der Waals surface area contributed by atoms with Crippen molar-refractivity contribution in [3.8, 4) is 0 Å². The van der Waals surface area contributed by atoms with E-state index in [9.17, 15) is 17.2 Å². The topological polar surface area (TPSA) is 78.0 Å². The van der Waals surface area contributed by atoms with E-state index in [0.29, 0.717) is 17.1 Å². The Morgan fingerprint density at radius 3 is 2.42 bits per heavy atom. The molecule has 0 bridgehead atoms. The SMILES string of the molecule is NS(=O)(=O)c1cn(C(F)F)cn1. The lowest BCUT2D eigenvalue weighted by molar-refractivity contribution is 0.0699. The number of hydrogen-bond donors (Lipinski definition) is 1. The average molecular weight is 197 g/mol. The van der Waals surface area contributed by atoms with E-state index in [1.807, 2.05) is 0 Å². The van der Waals surface area contributed by atoms with Crippen molar-refractivity contribution >= 4 is 10.0 Å². The predicted octanol–water partition coefficient (Wildman–Crippen LogP) is -0.0744. The second-order valence-electron chi connectivity index (χ2n) is 1.98. The second-order valence-corrected chi connectivity index (χ2v) is 3.49. The van der Waals surface area contributed by atoms with E-state index in [2.05, 4.69) is 10.1 Å². The zero-order chi connectivity index (χ0) is 9.35. The summed E-state index contributed by atoms with van der Waals surface area (Å²) >= 11 is 0. The van der Waals surface area contributed by atoms with Crippen molar-refractivity contribution in [2.75, 3.05) is 0 Å². The molecule has 0 spiro atoms. The van der Waals surface area contributed by atoms with Gasteiger partial charge in [0.2, 0.25) is 0 Å². The molecular formula is C4H5F2N3O2S. The summed E-state index contributed by atoms with van der Waals surface area (Å²) in [5.41, 5.74) is 0. The maximum absolute atomic E-state index is 11.9. The van der Waals surface area contributed by atoms with E-state index in [-0.39, 0.29) is 0 Å². The number of primary sulfonamides is 1. The molecule has 0 saturated carbocycles. The van der Waals surface area contributed by atoms with Crippen LogP contribution in [-0.4, -0.2) is 18.0 Å². The number of aromatic nitrogens is 2. The quantitative estimate of drug-likeness (QED) is 0.720. The fourth-order valence-electron chi connectivity index (χ4n) is 0.571. The van der Waals surface area contributed by atoms with Gasteiger partial charge in [0.15, 0.2) is 5.03 Å². The third-order valence-corrected chi connectivity index (χ3v) is 1.89. The molecule has 5 nitrogen and oxygen atoms in total. The molecule has 8 heteroatoms. The lowest BCUT2D eigenvalue weighted by Gasteiger charge is -1.95. The number of sulfonamides is 1. The van der Waals surface area contributed by atoms with Crippen LogP contribution in [0.4, 0.5) is 8.78 Å². The molecule has 12 heavy (non-hydrogen) atoms. The molecule has 0 fully saturated rings. The van der Waals surface area contributed by atoms with Gasteiger partial charge in [0.25, 0.3) is 10.0 Å². The average Bonchev–Trinajstić information content (AvgIpc) is 2.30. The zero-order valence-corrected chi connectivity index (χ0v) is 6.50. The summed E-state index contributed by atoms with van der Waals surface area (Å²) < 4.78 is 45.1. The van der Waals surface area contributed by atoms with Gasteiger partial charge < -0.3 is 0 Å². The van der Waals surface area contributed by atoms with Gasteiger partial charge in [-0.3, -0.25) is 4.57 Å². The van der Waals surface area contributed by atoms with Crippen molar-refractivity contribution in [1.82, 2.24) is 9.55 Å². The highest BCUT2D eigenvalue weighted by Gasteiger charge is 2.14. The van der Waals surface area contributed by atoms with Crippen molar-refractivity contribution in [1.29, 1.82) is 0 Å².